The first-order valence-electron chi connectivity index (χ1n) is 4.45. The molecule has 0 aliphatic heterocycles. The van der Waals surface area contributed by atoms with Gasteiger partial charge >= 0.3 is 0 Å². The van der Waals surface area contributed by atoms with Gasteiger partial charge in [-0.15, -0.1) is 0 Å². The predicted octanol–water partition coefficient (Wildman–Crippen LogP) is 1.29. The lowest BCUT2D eigenvalue weighted by molar-refractivity contribution is 0.171. The third kappa shape index (κ3) is 2.76. The maximum absolute atomic E-state index is 13.2. The number of aliphatic hydroxyl groups excluding tert-OH is 1. The summed E-state index contributed by atoms with van der Waals surface area (Å²) in [4.78, 5) is 0. The Hall–Kier alpha value is -0.940. The molecule has 15 heavy (non-hydrogen) atoms. The van der Waals surface area contributed by atoms with E-state index >= 15 is 0 Å². The molecule has 0 unspecified atom stereocenters. The molecule has 1 aromatic carbocycles. The van der Waals surface area contributed by atoms with Gasteiger partial charge in [-0.1, -0.05) is 18.2 Å². The molecule has 0 saturated carbocycles. The van der Waals surface area contributed by atoms with E-state index in [4.69, 9.17) is 0 Å². The summed E-state index contributed by atoms with van der Waals surface area (Å²) in [5.74, 6) is -0.597. The maximum Gasteiger partial charge on any atom is 0.152 e. The second-order valence-corrected chi connectivity index (χ2v) is 5.90. The summed E-state index contributed by atoms with van der Waals surface area (Å²) in [6.45, 7) is 1.35. The summed E-state index contributed by atoms with van der Waals surface area (Å²) in [5, 5.41) is 8.67. The highest BCUT2D eigenvalue weighted by Gasteiger charge is 2.27. The van der Waals surface area contributed by atoms with Gasteiger partial charge in [0.1, 0.15) is 5.82 Å². The molecule has 2 atom stereocenters. The molecule has 0 aromatic heterocycles. The number of halogens is 1. The van der Waals surface area contributed by atoms with Crippen LogP contribution in [0.15, 0.2) is 24.3 Å². The Morgan fingerprint density at radius 3 is 2.33 bits per heavy atom. The van der Waals surface area contributed by atoms with Crippen molar-refractivity contribution in [1.82, 2.24) is 0 Å². The molecule has 0 amide bonds. The van der Waals surface area contributed by atoms with Crippen LogP contribution in [-0.4, -0.2) is 25.0 Å². The van der Waals surface area contributed by atoms with Gasteiger partial charge in [0.2, 0.25) is 0 Å². The van der Waals surface area contributed by atoms with Crippen LogP contribution in [-0.2, 0) is 9.84 Å². The minimum absolute atomic E-state index is 0.00965. The van der Waals surface area contributed by atoms with E-state index in [1.807, 2.05) is 0 Å². The Labute approximate surface area is 88.5 Å². The highest BCUT2D eigenvalue weighted by Crippen LogP contribution is 2.23. The van der Waals surface area contributed by atoms with E-state index in [0.29, 0.717) is 0 Å². The summed E-state index contributed by atoms with van der Waals surface area (Å²) in [5.41, 5.74) is 0.00965. The number of sulfone groups is 1. The molecule has 1 rings (SSSR count). The standard InChI is InChI=1S/C10H13FO3S/c1-7(15(2,13)14)10(12)8-5-3-4-6-9(8)11/h3-7,10,12H,1-2H3/t7-,10+/m0/s1. The van der Waals surface area contributed by atoms with Crippen LogP contribution in [0.2, 0.25) is 0 Å². The number of rotatable bonds is 3. The fourth-order valence-corrected chi connectivity index (χ4v) is 1.82. The second kappa shape index (κ2) is 4.28. The molecule has 0 radical (unpaired) electrons. The molecule has 0 aliphatic rings. The van der Waals surface area contributed by atoms with Gasteiger partial charge in [-0.25, -0.2) is 12.8 Å². The molecule has 0 heterocycles. The average molecular weight is 232 g/mol. The third-order valence-corrected chi connectivity index (χ3v) is 3.95. The normalized spacial score (nSPS) is 16.0. The molecule has 1 aromatic rings. The molecule has 0 aliphatic carbocycles. The van der Waals surface area contributed by atoms with Crippen molar-refractivity contribution in [2.75, 3.05) is 6.26 Å². The quantitative estimate of drug-likeness (QED) is 0.854. The Bertz CT molecular complexity index is 442. The largest absolute Gasteiger partial charge is 0.387 e. The monoisotopic (exact) mass is 232 g/mol. The Morgan fingerprint density at radius 2 is 1.87 bits per heavy atom. The molecule has 1 N–H and O–H groups in total. The second-order valence-electron chi connectivity index (χ2n) is 3.50. The maximum atomic E-state index is 13.2. The van der Waals surface area contributed by atoms with Gasteiger partial charge < -0.3 is 5.11 Å². The van der Waals surface area contributed by atoms with Crippen molar-refractivity contribution < 1.29 is 17.9 Å². The lowest BCUT2D eigenvalue weighted by Gasteiger charge is -2.17. The zero-order valence-corrected chi connectivity index (χ0v) is 9.33. The van der Waals surface area contributed by atoms with Crippen molar-refractivity contribution in [3.8, 4) is 0 Å². The van der Waals surface area contributed by atoms with Gasteiger partial charge in [0.05, 0.1) is 11.4 Å². The van der Waals surface area contributed by atoms with Gasteiger partial charge in [-0.05, 0) is 13.0 Å². The van der Waals surface area contributed by atoms with Crippen LogP contribution >= 0.6 is 0 Å². The van der Waals surface area contributed by atoms with Crippen molar-refractivity contribution in [2.45, 2.75) is 18.3 Å². The molecule has 5 heteroatoms. The summed E-state index contributed by atoms with van der Waals surface area (Å²) in [7, 11) is -3.38. The minimum Gasteiger partial charge on any atom is -0.387 e. The average Bonchev–Trinajstić information content (AvgIpc) is 2.15. The van der Waals surface area contributed by atoms with Gasteiger partial charge in [-0.2, -0.15) is 0 Å². The zero-order chi connectivity index (χ0) is 11.6. The molecule has 0 fully saturated rings. The van der Waals surface area contributed by atoms with Gasteiger partial charge in [0.25, 0.3) is 0 Å². The van der Waals surface area contributed by atoms with Crippen LogP contribution in [0.25, 0.3) is 0 Å². The molecule has 0 bridgehead atoms. The van der Waals surface area contributed by atoms with Crippen LogP contribution in [0, 0.1) is 5.82 Å². The van der Waals surface area contributed by atoms with Crippen LogP contribution in [0.5, 0.6) is 0 Å². The predicted molar refractivity (Wildman–Crippen MR) is 55.7 cm³/mol. The minimum atomic E-state index is -3.38. The molecule has 3 nitrogen and oxygen atoms in total. The fourth-order valence-electron chi connectivity index (χ4n) is 1.20. The number of aliphatic hydroxyl groups is 1. The molecular weight excluding hydrogens is 219 g/mol. The smallest absolute Gasteiger partial charge is 0.152 e. The lowest BCUT2D eigenvalue weighted by Crippen LogP contribution is -2.24. The van der Waals surface area contributed by atoms with Crippen LogP contribution < -0.4 is 0 Å². The summed E-state index contributed by atoms with van der Waals surface area (Å²) in [6.07, 6.45) is -0.317. The first-order valence-corrected chi connectivity index (χ1v) is 6.41. The fraction of sp³-hybridized carbons (Fsp3) is 0.400. The molecule has 84 valence electrons. The summed E-state index contributed by atoms with van der Waals surface area (Å²) >= 11 is 0. The van der Waals surface area contributed by atoms with Crippen molar-refractivity contribution >= 4 is 9.84 Å². The van der Waals surface area contributed by atoms with E-state index in [-0.39, 0.29) is 5.56 Å². The van der Waals surface area contributed by atoms with Crippen LogP contribution in [0.4, 0.5) is 4.39 Å². The van der Waals surface area contributed by atoms with E-state index in [9.17, 15) is 17.9 Å². The Morgan fingerprint density at radius 1 is 1.33 bits per heavy atom. The molecule has 0 saturated heterocycles. The van der Waals surface area contributed by atoms with E-state index in [1.54, 1.807) is 6.07 Å². The third-order valence-electron chi connectivity index (χ3n) is 2.34. The van der Waals surface area contributed by atoms with E-state index < -0.39 is 27.0 Å². The Kier molecular flexibility index (Phi) is 3.46. The summed E-state index contributed by atoms with van der Waals surface area (Å²) in [6, 6.07) is 5.60. The van der Waals surface area contributed by atoms with Crippen LogP contribution in [0.3, 0.4) is 0 Å². The molecular formula is C10H13FO3S. The summed E-state index contributed by atoms with van der Waals surface area (Å²) < 4.78 is 35.6. The van der Waals surface area contributed by atoms with Crippen molar-refractivity contribution in [1.29, 1.82) is 0 Å². The van der Waals surface area contributed by atoms with E-state index in [1.165, 1.54) is 25.1 Å². The van der Waals surface area contributed by atoms with Crippen LogP contribution in [0.1, 0.15) is 18.6 Å². The van der Waals surface area contributed by atoms with Crippen molar-refractivity contribution in [3.05, 3.63) is 35.6 Å². The first kappa shape index (κ1) is 12.1. The highest BCUT2D eigenvalue weighted by atomic mass is 32.2. The van der Waals surface area contributed by atoms with Crippen molar-refractivity contribution in [3.63, 3.8) is 0 Å². The van der Waals surface area contributed by atoms with Gasteiger partial charge in [-0.3, -0.25) is 0 Å². The zero-order valence-electron chi connectivity index (χ0n) is 8.51. The van der Waals surface area contributed by atoms with Gasteiger partial charge in [0, 0.05) is 11.8 Å². The number of hydrogen-bond acceptors (Lipinski definition) is 3. The van der Waals surface area contributed by atoms with Crippen molar-refractivity contribution in [2.24, 2.45) is 0 Å². The Balaban J connectivity index is 3.06. The SMILES string of the molecule is C[C@@H]([C@@H](O)c1ccccc1F)S(C)(=O)=O. The molecule has 0 spiro atoms. The van der Waals surface area contributed by atoms with Gasteiger partial charge in [0.15, 0.2) is 9.84 Å². The van der Waals surface area contributed by atoms with E-state index in [2.05, 4.69) is 0 Å². The number of hydrogen-bond donors (Lipinski definition) is 1. The lowest BCUT2D eigenvalue weighted by atomic mass is 10.1. The number of benzene rings is 1. The highest BCUT2D eigenvalue weighted by molar-refractivity contribution is 7.91. The van der Waals surface area contributed by atoms with E-state index in [0.717, 1.165) is 6.26 Å². The topological polar surface area (TPSA) is 54.4 Å². The first-order chi connectivity index (χ1) is 6.84.